The first-order valence-electron chi connectivity index (χ1n) is 10.6. The van der Waals surface area contributed by atoms with Crippen LogP contribution in [-0.4, -0.2) is 31.7 Å². The van der Waals surface area contributed by atoms with Gasteiger partial charge in [0.2, 0.25) is 10.0 Å². The first-order valence-corrected chi connectivity index (χ1v) is 12.4. The van der Waals surface area contributed by atoms with Crippen LogP contribution in [0.4, 0.5) is 0 Å². The van der Waals surface area contributed by atoms with Gasteiger partial charge in [-0.15, -0.1) is 0 Å². The fraction of sp³-hybridized carbons (Fsp3) is 0.435. The summed E-state index contributed by atoms with van der Waals surface area (Å²) in [5.41, 5.74) is 3.98. The number of sulfonamides is 1. The molecule has 2 aromatic rings. The van der Waals surface area contributed by atoms with Crippen molar-refractivity contribution in [3.8, 4) is 0 Å². The van der Waals surface area contributed by atoms with E-state index in [-0.39, 0.29) is 27.4 Å². The number of nitrogens with one attached hydrogen (secondary N) is 1. The molecule has 0 saturated carbocycles. The number of fused-ring (bicyclic) bond motifs is 1. The summed E-state index contributed by atoms with van der Waals surface area (Å²) in [6.45, 7) is 2.96. The number of hydrogen-bond donors (Lipinski definition) is 1. The Morgan fingerprint density at radius 3 is 2.43 bits per heavy atom. The highest BCUT2D eigenvalue weighted by Crippen LogP contribution is 2.27. The third kappa shape index (κ3) is 4.27. The Bertz CT molecular complexity index is 1060. The van der Waals surface area contributed by atoms with E-state index in [1.54, 1.807) is 0 Å². The molecule has 1 fully saturated rings. The van der Waals surface area contributed by atoms with Crippen LogP contribution in [0.1, 0.15) is 65.7 Å². The number of benzene rings is 2. The summed E-state index contributed by atoms with van der Waals surface area (Å²) < 4.78 is 27.2. The molecule has 0 bridgehead atoms. The van der Waals surface area contributed by atoms with Gasteiger partial charge in [-0.1, -0.05) is 29.8 Å². The van der Waals surface area contributed by atoms with E-state index < -0.39 is 10.0 Å². The molecule has 0 unspecified atom stereocenters. The highest BCUT2D eigenvalue weighted by molar-refractivity contribution is 7.89. The lowest BCUT2D eigenvalue weighted by Gasteiger charge is -2.20. The van der Waals surface area contributed by atoms with Crippen LogP contribution in [0.5, 0.6) is 0 Å². The lowest BCUT2D eigenvalue weighted by molar-refractivity contribution is 0.0940. The molecule has 1 N–H and O–H groups in total. The normalized spacial score (nSPS) is 18.1. The van der Waals surface area contributed by atoms with Crippen LogP contribution in [-0.2, 0) is 22.9 Å². The third-order valence-electron chi connectivity index (χ3n) is 6.11. The highest BCUT2D eigenvalue weighted by atomic mass is 35.5. The molecular weight excluding hydrogens is 420 g/mol. The number of halogens is 1. The summed E-state index contributed by atoms with van der Waals surface area (Å²) in [4.78, 5) is 13.0. The van der Waals surface area contributed by atoms with Crippen molar-refractivity contribution >= 4 is 27.5 Å². The summed E-state index contributed by atoms with van der Waals surface area (Å²) in [6, 6.07) is 10.5. The number of hydrogen-bond acceptors (Lipinski definition) is 3. The smallest absolute Gasteiger partial charge is 0.253 e. The zero-order valence-electron chi connectivity index (χ0n) is 17.2. The van der Waals surface area contributed by atoms with Crippen molar-refractivity contribution in [1.82, 2.24) is 9.62 Å². The highest BCUT2D eigenvalue weighted by Gasteiger charge is 2.28. The van der Waals surface area contributed by atoms with Crippen LogP contribution in [0.25, 0.3) is 0 Å². The fourth-order valence-corrected chi connectivity index (χ4v) is 6.04. The predicted molar refractivity (Wildman–Crippen MR) is 118 cm³/mol. The first-order chi connectivity index (χ1) is 14.4. The Kier molecular flexibility index (Phi) is 6.19. The molecule has 2 aromatic carbocycles. The van der Waals surface area contributed by atoms with Crippen LogP contribution < -0.4 is 5.32 Å². The van der Waals surface area contributed by atoms with Crippen molar-refractivity contribution < 1.29 is 13.2 Å². The van der Waals surface area contributed by atoms with Crippen molar-refractivity contribution in [2.45, 2.75) is 56.4 Å². The monoisotopic (exact) mass is 446 g/mol. The Morgan fingerprint density at radius 1 is 1.00 bits per heavy atom. The van der Waals surface area contributed by atoms with Crippen molar-refractivity contribution in [1.29, 1.82) is 0 Å². The van der Waals surface area contributed by atoms with Gasteiger partial charge in [0.25, 0.3) is 5.91 Å². The largest absolute Gasteiger partial charge is 0.345 e. The maximum Gasteiger partial charge on any atom is 0.253 e. The molecule has 7 heteroatoms. The topological polar surface area (TPSA) is 66.5 Å². The summed E-state index contributed by atoms with van der Waals surface area (Å²) in [7, 11) is -3.61. The van der Waals surface area contributed by atoms with Gasteiger partial charge in [0, 0.05) is 13.1 Å². The second-order valence-corrected chi connectivity index (χ2v) is 10.5. The van der Waals surface area contributed by atoms with Gasteiger partial charge < -0.3 is 5.32 Å². The fourth-order valence-electron chi connectivity index (χ4n) is 4.30. The van der Waals surface area contributed by atoms with E-state index in [9.17, 15) is 13.2 Å². The number of carbonyl (C=O) groups is 1. The van der Waals surface area contributed by atoms with Crippen LogP contribution >= 0.6 is 11.6 Å². The lowest BCUT2D eigenvalue weighted by Crippen LogP contribution is -2.29. The number of aryl methyl sites for hydroxylation is 2. The van der Waals surface area contributed by atoms with Crippen molar-refractivity contribution in [3.05, 3.63) is 63.7 Å². The minimum Gasteiger partial charge on any atom is -0.345 e. The molecule has 1 heterocycles. The Balaban J connectivity index is 1.54. The Hall–Kier alpha value is -1.89. The van der Waals surface area contributed by atoms with Gasteiger partial charge in [-0.2, -0.15) is 4.31 Å². The quantitative estimate of drug-likeness (QED) is 0.735. The number of rotatable bonds is 5. The van der Waals surface area contributed by atoms with E-state index >= 15 is 0 Å². The molecule has 1 atom stereocenters. The van der Waals surface area contributed by atoms with E-state index in [1.807, 2.05) is 6.92 Å². The summed E-state index contributed by atoms with van der Waals surface area (Å²) in [5, 5.41) is 3.22. The van der Waals surface area contributed by atoms with Gasteiger partial charge in [0.05, 0.1) is 21.5 Å². The summed E-state index contributed by atoms with van der Waals surface area (Å²) in [6.07, 6.45) is 6.34. The van der Waals surface area contributed by atoms with E-state index in [0.29, 0.717) is 13.1 Å². The molecule has 1 amide bonds. The van der Waals surface area contributed by atoms with Crippen LogP contribution in [0, 0.1) is 0 Å². The molecule has 0 radical (unpaired) electrons. The second-order valence-electron chi connectivity index (χ2n) is 8.18. The average molecular weight is 447 g/mol. The molecule has 5 nitrogen and oxygen atoms in total. The number of carbonyl (C=O) groups excluding carboxylic acids is 1. The first kappa shape index (κ1) is 21.3. The molecule has 2 aliphatic rings. The molecule has 1 aliphatic carbocycles. The van der Waals surface area contributed by atoms with E-state index in [0.717, 1.165) is 31.2 Å². The molecule has 0 spiro atoms. The van der Waals surface area contributed by atoms with E-state index in [1.165, 1.54) is 46.5 Å². The zero-order chi connectivity index (χ0) is 21.3. The molecular formula is C23H27ClN2O3S. The van der Waals surface area contributed by atoms with Crippen molar-refractivity contribution in [3.63, 3.8) is 0 Å². The summed E-state index contributed by atoms with van der Waals surface area (Å²) in [5.74, 6) is -0.372. The van der Waals surface area contributed by atoms with E-state index in [2.05, 4.69) is 23.5 Å². The number of nitrogens with zero attached hydrogens (tertiary/aromatic N) is 1. The van der Waals surface area contributed by atoms with Crippen LogP contribution in [0.3, 0.4) is 0 Å². The summed E-state index contributed by atoms with van der Waals surface area (Å²) >= 11 is 6.26. The van der Waals surface area contributed by atoms with Gasteiger partial charge in [-0.25, -0.2) is 8.42 Å². The van der Waals surface area contributed by atoms with Crippen LogP contribution in [0.15, 0.2) is 41.3 Å². The standard InChI is InChI=1S/C23H27ClN2O3S/c1-16(18-9-8-17-6-2-3-7-19(17)14-18)25-23(27)21-15-20(10-11-22(21)24)30(28,29)26-12-4-5-13-26/h8-11,14-16H,2-7,12-13H2,1H3,(H,25,27)/t16-/m1/s1. The second kappa shape index (κ2) is 8.69. The van der Waals surface area contributed by atoms with Gasteiger partial charge in [-0.3, -0.25) is 4.79 Å². The predicted octanol–water partition coefficient (Wildman–Crippen LogP) is 4.49. The average Bonchev–Trinajstić information content (AvgIpc) is 3.29. The van der Waals surface area contributed by atoms with Gasteiger partial charge in [-0.05, 0) is 80.3 Å². The molecule has 30 heavy (non-hydrogen) atoms. The van der Waals surface area contributed by atoms with Crippen molar-refractivity contribution in [2.75, 3.05) is 13.1 Å². The minimum absolute atomic E-state index is 0.111. The molecule has 1 aliphatic heterocycles. The van der Waals surface area contributed by atoms with E-state index in [4.69, 9.17) is 11.6 Å². The maximum absolute atomic E-state index is 12.9. The van der Waals surface area contributed by atoms with Gasteiger partial charge in [0.1, 0.15) is 0 Å². The molecule has 4 rings (SSSR count). The van der Waals surface area contributed by atoms with Crippen LogP contribution in [0.2, 0.25) is 5.02 Å². The zero-order valence-corrected chi connectivity index (χ0v) is 18.7. The third-order valence-corrected chi connectivity index (χ3v) is 8.33. The lowest BCUT2D eigenvalue weighted by atomic mass is 9.89. The Morgan fingerprint density at radius 2 is 1.70 bits per heavy atom. The molecule has 160 valence electrons. The minimum atomic E-state index is -3.61. The van der Waals surface area contributed by atoms with Gasteiger partial charge >= 0.3 is 0 Å². The maximum atomic E-state index is 12.9. The Labute approximate surface area is 183 Å². The SMILES string of the molecule is C[C@@H](NC(=O)c1cc(S(=O)(=O)N2CCCC2)ccc1Cl)c1ccc2c(c1)CCCC2. The molecule has 1 saturated heterocycles. The van der Waals surface area contributed by atoms with Gasteiger partial charge in [0.15, 0.2) is 0 Å². The number of amides is 1. The molecule has 0 aromatic heterocycles. The van der Waals surface area contributed by atoms with Crippen molar-refractivity contribution in [2.24, 2.45) is 0 Å².